The van der Waals surface area contributed by atoms with Gasteiger partial charge in [0.25, 0.3) is 0 Å². The van der Waals surface area contributed by atoms with Gasteiger partial charge in [0.1, 0.15) is 5.75 Å². The number of rotatable bonds is 5. The van der Waals surface area contributed by atoms with Crippen molar-refractivity contribution < 1.29 is 13.2 Å². The number of amides is 1. The maximum Gasteiger partial charge on any atom is 0.239 e. The summed E-state index contributed by atoms with van der Waals surface area (Å²) in [5.74, 6) is -0.945. The second-order valence-corrected chi connectivity index (χ2v) is 8.48. The standard InChI is InChI=1S/C17H21N3O3S/c1-13-9-10-18-20(13)15-6-4-5-14(11-15)19-17(21)12-24(22,23)16-7-2-3-8-16/h4-6,9-11,16H,2-3,7-8,12H2,1H3,(H,19,21). The number of carbonyl (C=O) groups is 1. The number of hydrogen-bond donors (Lipinski definition) is 1. The average molecular weight is 347 g/mol. The normalized spacial score (nSPS) is 15.5. The first-order valence-electron chi connectivity index (χ1n) is 8.08. The number of anilines is 1. The second-order valence-electron chi connectivity index (χ2n) is 6.20. The van der Waals surface area contributed by atoms with Crippen molar-refractivity contribution in [1.82, 2.24) is 9.78 Å². The Morgan fingerprint density at radius 3 is 2.71 bits per heavy atom. The van der Waals surface area contributed by atoms with Crippen molar-refractivity contribution >= 4 is 21.4 Å². The second kappa shape index (κ2) is 6.76. The monoisotopic (exact) mass is 347 g/mol. The van der Waals surface area contributed by atoms with Crippen molar-refractivity contribution in [2.75, 3.05) is 11.1 Å². The van der Waals surface area contributed by atoms with Crippen LogP contribution in [0.25, 0.3) is 5.69 Å². The summed E-state index contributed by atoms with van der Waals surface area (Å²) in [7, 11) is -3.37. The molecule has 0 saturated heterocycles. The van der Waals surface area contributed by atoms with Crippen molar-refractivity contribution in [2.24, 2.45) is 0 Å². The third kappa shape index (κ3) is 3.67. The van der Waals surface area contributed by atoms with Gasteiger partial charge in [-0.3, -0.25) is 4.79 Å². The molecule has 128 valence electrons. The molecule has 3 rings (SSSR count). The number of hydrogen-bond acceptors (Lipinski definition) is 4. The summed E-state index contributed by atoms with van der Waals surface area (Å²) in [5.41, 5.74) is 2.35. The van der Waals surface area contributed by atoms with Gasteiger partial charge in [-0.15, -0.1) is 0 Å². The van der Waals surface area contributed by atoms with Crippen molar-refractivity contribution in [3.63, 3.8) is 0 Å². The van der Waals surface area contributed by atoms with Crippen LogP contribution in [0.2, 0.25) is 0 Å². The Hall–Kier alpha value is -2.15. The van der Waals surface area contributed by atoms with Crippen LogP contribution in [0.1, 0.15) is 31.4 Å². The molecule has 7 heteroatoms. The maximum absolute atomic E-state index is 12.3. The molecule has 1 aliphatic rings. The Bertz CT molecular complexity index is 836. The van der Waals surface area contributed by atoms with Crippen LogP contribution in [0.15, 0.2) is 36.5 Å². The van der Waals surface area contributed by atoms with Crippen molar-refractivity contribution in [2.45, 2.75) is 37.9 Å². The van der Waals surface area contributed by atoms with Gasteiger partial charge in [-0.25, -0.2) is 13.1 Å². The molecule has 24 heavy (non-hydrogen) atoms. The number of aryl methyl sites for hydroxylation is 1. The van der Waals surface area contributed by atoms with Crippen LogP contribution >= 0.6 is 0 Å². The topological polar surface area (TPSA) is 81.1 Å². The highest BCUT2D eigenvalue weighted by atomic mass is 32.2. The minimum atomic E-state index is -3.37. The average Bonchev–Trinajstić information content (AvgIpc) is 3.18. The van der Waals surface area contributed by atoms with Crippen LogP contribution in [0.4, 0.5) is 5.69 Å². The zero-order valence-corrected chi connectivity index (χ0v) is 14.4. The first-order chi connectivity index (χ1) is 11.5. The highest BCUT2D eigenvalue weighted by molar-refractivity contribution is 7.92. The zero-order chi connectivity index (χ0) is 17.2. The number of benzene rings is 1. The highest BCUT2D eigenvalue weighted by Gasteiger charge is 2.30. The van der Waals surface area contributed by atoms with Gasteiger partial charge in [0, 0.05) is 17.6 Å². The number of nitrogens with zero attached hydrogens (tertiary/aromatic N) is 2. The van der Waals surface area contributed by atoms with E-state index in [9.17, 15) is 13.2 Å². The smallest absolute Gasteiger partial charge is 0.239 e. The number of nitrogens with one attached hydrogen (secondary N) is 1. The fraction of sp³-hybridized carbons (Fsp3) is 0.412. The summed E-state index contributed by atoms with van der Waals surface area (Å²) >= 11 is 0. The Morgan fingerprint density at radius 1 is 1.29 bits per heavy atom. The van der Waals surface area contributed by atoms with Crippen LogP contribution in [0, 0.1) is 6.92 Å². The third-order valence-electron chi connectivity index (χ3n) is 4.35. The van der Waals surface area contributed by atoms with Crippen LogP contribution < -0.4 is 5.32 Å². The van der Waals surface area contributed by atoms with Gasteiger partial charge in [0.2, 0.25) is 5.91 Å². The van der Waals surface area contributed by atoms with E-state index in [1.54, 1.807) is 29.1 Å². The fourth-order valence-electron chi connectivity index (χ4n) is 3.10. The molecule has 6 nitrogen and oxygen atoms in total. The van der Waals surface area contributed by atoms with Crippen LogP contribution in [0.5, 0.6) is 0 Å². The number of sulfone groups is 1. The molecule has 1 fully saturated rings. The summed E-state index contributed by atoms with van der Waals surface area (Å²) in [4.78, 5) is 12.1. The molecule has 2 aromatic rings. The molecule has 1 amide bonds. The van der Waals surface area contributed by atoms with E-state index in [-0.39, 0.29) is 5.25 Å². The number of carbonyl (C=O) groups excluding carboxylic acids is 1. The molecule has 0 atom stereocenters. The molecular formula is C17H21N3O3S. The van der Waals surface area contributed by atoms with Gasteiger partial charge in [0.05, 0.1) is 10.9 Å². The molecule has 1 aliphatic carbocycles. The fourth-order valence-corrected chi connectivity index (χ4v) is 4.83. The van der Waals surface area contributed by atoms with Crippen molar-refractivity contribution in [3.8, 4) is 5.69 Å². The van der Waals surface area contributed by atoms with E-state index in [2.05, 4.69) is 10.4 Å². The molecule has 0 bridgehead atoms. The van der Waals surface area contributed by atoms with E-state index < -0.39 is 21.5 Å². The first kappa shape index (κ1) is 16.7. The quantitative estimate of drug-likeness (QED) is 0.901. The summed E-state index contributed by atoms with van der Waals surface area (Å²) in [6.45, 7) is 1.94. The molecule has 1 heterocycles. The molecule has 1 aromatic carbocycles. The lowest BCUT2D eigenvalue weighted by Gasteiger charge is -2.12. The lowest BCUT2D eigenvalue weighted by molar-refractivity contribution is -0.113. The Morgan fingerprint density at radius 2 is 2.04 bits per heavy atom. The molecule has 0 radical (unpaired) electrons. The van der Waals surface area contributed by atoms with Crippen molar-refractivity contribution in [3.05, 3.63) is 42.2 Å². The number of aromatic nitrogens is 2. The molecule has 1 aromatic heterocycles. The summed E-state index contributed by atoms with van der Waals surface area (Å²) in [6, 6.07) is 9.09. The molecular weight excluding hydrogens is 326 g/mol. The van der Waals surface area contributed by atoms with Crippen LogP contribution in [0.3, 0.4) is 0 Å². The van der Waals surface area contributed by atoms with E-state index in [0.29, 0.717) is 18.5 Å². The van der Waals surface area contributed by atoms with E-state index in [1.165, 1.54) is 0 Å². The van der Waals surface area contributed by atoms with E-state index in [0.717, 1.165) is 24.2 Å². The van der Waals surface area contributed by atoms with E-state index in [4.69, 9.17) is 0 Å². The highest BCUT2D eigenvalue weighted by Crippen LogP contribution is 2.25. The predicted octanol–water partition coefficient (Wildman–Crippen LogP) is 2.48. The predicted molar refractivity (Wildman–Crippen MR) is 93.0 cm³/mol. The molecule has 1 saturated carbocycles. The van der Waals surface area contributed by atoms with Gasteiger partial charge in [-0.1, -0.05) is 18.9 Å². The van der Waals surface area contributed by atoms with Gasteiger partial charge in [0.15, 0.2) is 9.84 Å². The largest absolute Gasteiger partial charge is 0.325 e. The molecule has 0 aliphatic heterocycles. The van der Waals surface area contributed by atoms with Crippen LogP contribution in [-0.4, -0.2) is 35.1 Å². The zero-order valence-electron chi connectivity index (χ0n) is 13.6. The van der Waals surface area contributed by atoms with Gasteiger partial charge in [-0.05, 0) is 44.0 Å². The van der Waals surface area contributed by atoms with Gasteiger partial charge >= 0.3 is 0 Å². The molecule has 0 spiro atoms. The lowest BCUT2D eigenvalue weighted by Crippen LogP contribution is -2.29. The minimum absolute atomic E-state index is 0.360. The van der Waals surface area contributed by atoms with Gasteiger partial charge in [-0.2, -0.15) is 5.10 Å². The van der Waals surface area contributed by atoms with Gasteiger partial charge < -0.3 is 5.32 Å². The summed E-state index contributed by atoms with van der Waals surface area (Å²) in [6.07, 6.45) is 4.90. The molecule has 0 unspecified atom stereocenters. The Kier molecular flexibility index (Phi) is 4.71. The van der Waals surface area contributed by atoms with E-state index >= 15 is 0 Å². The Balaban J connectivity index is 1.70. The van der Waals surface area contributed by atoms with Crippen molar-refractivity contribution in [1.29, 1.82) is 0 Å². The summed E-state index contributed by atoms with van der Waals surface area (Å²) < 4.78 is 26.3. The minimum Gasteiger partial charge on any atom is -0.325 e. The first-order valence-corrected chi connectivity index (χ1v) is 9.80. The lowest BCUT2D eigenvalue weighted by atomic mass is 10.2. The van der Waals surface area contributed by atoms with Crippen LogP contribution in [-0.2, 0) is 14.6 Å². The SMILES string of the molecule is Cc1ccnn1-c1cccc(NC(=O)CS(=O)(=O)C2CCCC2)c1. The summed E-state index contributed by atoms with van der Waals surface area (Å²) in [5, 5.41) is 6.55. The Labute approximate surface area is 141 Å². The third-order valence-corrected chi connectivity index (χ3v) is 6.50. The molecule has 1 N–H and O–H groups in total. The maximum atomic E-state index is 12.3. The van der Waals surface area contributed by atoms with E-state index in [1.807, 2.05) is 19.1 Å².